The zero-order valence-electron chi connectivity index (χ0n) is 11.1. The van der Waals surface area contributed by atoms with Crippen LogP contribution in [-0.4, -0.2) is 60.9 Å². The Morgan fingerprint density at radius 2 is 2.17 bits per heavy atom. The molecule has 0 spiro atoms. The zero-order chi connectivity index (χ0) is 13.0. The van der Waals surface area contributed by atoms with Gasteiger partial charge in [-0.05, 0) is 39.3 Å². The van der Waals surface area contributed by atoms with Crippen molar-refractivity contribution in [2.24, 2.45) is 0 Å². The van der Waals surface area contributed by atoms with Gasteiger partial charge >= 0.3 is 5.97 Å². The van der Waals surface area contributed by atoms with Crippen LogP contribution >= 0.6 is 0 Å². The summed E-state index contributed by atoms with van der Waals surface area (Å²) in [6.45, 7) is 2.94. The summed E-state index contributed by atoms with van der Waals surface area (Å²) in [7, 11) is 2.18. The van der Waals surface area contributed by atoms with Gasteiger partial charge in [0.25, 0.3) is 0 Å². The van der Waals surface area contributed by atoms with Crippen LogP contribution in [-0.2, 0) is 9.53 Å². The minimum atomic E-state index is -0.829. The molecule has 3 unspecified atom stereocenters. The van der Waals surface area contributed by atoms with E-state index in [9.17, 15) is 4.79 Å². The number of aliphatic carboxylic acids is 1. The topological polar surface area (TPSA) is 61.8 Å². The summed E-state index contributed by atoms with van der Waals surface area (Å²) < 4.78 is 5.46. The fraction of sp³-hybridized carbons (Fsp3) is 0.923. The van der Waals surface area contributed by atoms with Crippen molar-refractivity contribution < 1.29 is 14.6 Å². The fourth-order valence-corrected chi connectivity index (χ4v) is 2.85. The van der Waals surface area contributed by atoms with Gasteiger partial charge in [0.1, 0.15) is 0 Å². The summed E-state index contributed by atoms with van der Waals surface area (Å²) in [6, 6.07) is 0.621. The molecule has 5 heteroatoms. The molecule has 0 aromatic rings. The van der Waals surface area contributed by atoms with Gasteiger partial charge < -0.3 is 20.1 Å². The van der Waals surface area contributed by atoms with Crippen LogP contribution in [0, 0.1) is 0 Å². The molecule has 0 aromatic carbocycles. The number of hydrogen-bond acceptors (Lipinski definition) is 4. The van der Waals surface area contributed by atoms with Crippen LogP contribution in [0.2, 0.25) is 0 Å². The first kappa shape index (κ1) is 13.8. The molecule has 0 saturated carbocycles. The summed E-state index contributed by atoms with van der Waals surface area (Å²) >= 11 is 0. The third-order valence-corrected chi connectivity index (χ3v) is 4.06. The average Bonchev–Trinajstić information content (AvgIpc) is 2.80. The second-order valence-corrected chi connectivity index (χ2v) is 5.45. The summed E-state index contributed by atoms with van der Waals surface area (Å²) in [4.78, 5) is 13.2. The smallest absolute Gasteiger partial charge is 0.332 e. The van der Waals surface area contributed by atoms with E-state index in [1.807, 2.05) is 0 Å². The molecule has 2 rings (SSSR count). The molecule has 0 aliphatic carbocycles. The molecule has 104 valence electrons. The van der Waals surface area contributed by atoms with Crippen molar-refractivity contribution in [3.8, 4) is 0 Å². The first-order chi connectivity index (χ1) is 8.66. The molecule has 0 bridgehead atoms. The maximum atomic E-state index is 10.8. The molecule has 0 amide bonds. The molecule has 2 fully saturated rings. The van der Waals surface area contributed by atoms with Crippen molar-refractivity contribution in [3.63, 3.8) is 0 Å². The highest BCUT2D eigenvalue weighted by atomic mass is 16.5. The maximum absolute atomic E-state index is 10.8. The highest BCUT2D eigenvalue weighted by Gasteiger charge is 2.30. The Bertz CT molecular complexity index is 285. The number of hydrogen-bond donors (Lipinski definition) is 2. The third-order valence-electron chi connectivity index (χ3n) is 4.06. The van der Waals surface area contributed by atoms with Gasteiger partial charge in [0.15, 0.2) is 6.10 Å². The monoisotopic (exact) mass is 256 g/mol. The zero-order valence-corrected chi connectivity index (χ0v) is 11.1. The largest absolute Gasteiger partial charge is 0.479 e. The predicted octanol–water partition coefficient (Wildman–Crippen LogP) is 0.693. The Kier molecular flexibility index (Phi) is 4.97. The number of carboxylic acids is 1. The molecule has 2 N–H and O–H groups in total. The van der Waals surface area contributed by atoms with Crippen LogP contribution in [0.15, 0.2) is 0 Å². The SMILES string of the molecule is CN1CCCCC1CNCC1CCC(C(=O)O)O1. The van der Waals surface area contributed by atoms with Gasteiger partial charge in [0, 0.05) is 19.1 Å². The molecule has 5 nitrogen and oxygen atoms in total. The molecule has 3 atom stereocenters. The van der Waals surface area contributed by atoms with Crippen LogP contribution < -0.4 is 5.32 Å². The number of rotatable bonds is 5. The van der Waals surface area contributed by atoms with Gasteiger partial charge in [0.2, 0.25) is 0 Å². The Morgan fingerprint density at radius 1 is 1.33 bits per heavy atom. The van der Waals surface area contributed by atoms with Crippen LogP contribution in [0.25, 0.3) is 0 Å². The van der Waals surface area contributed by atoms with Gasteiger partial charge in [-0.15, -0.1) is 0 Å². The predicted molar refractivity (Wildman–Crippen MR) is 68.7 cm³/mol. The van der Waals surface area contributed by atoms with Crippen molar-refractivity contribution in [2.75, 3.05) is 26.7 Å². The van der Waals surface area contributed by atoms with Crippen LogP contribution in [0.5, 0.6) is 0 Å². The normalized spacial score (nSPS) is 33.7. The quantitative estimate of drug-likeness (QED) is 0.758. The van der Waals surface area contributed by atoms with Crippen molar-refractivity contribution >= 4 is 5.97 Å². The van der Waals surface area contributed by atoms with Crippen LogP contribution in [0.1, 0.15) is 32.1 Å². The molecular weight excluding hydrogens is 232 g/mol. The first-order valence-electron chi connectivity index (χ1n) is 6.96. The lowest BCUT2D eigenvalue weighted by Gasteiger charge is -2.32. The van der Waals surface area contributed by atoms with Crippen molar-refractivity contribution in [1.29, 1.82) is 0 Å². The maximum Gasteiger partial charge on any atom is 0.332 e. The number of likely N-dealkylation sites (N-methyl/N-ethyl adjacent to an activating group) is 1. The molecule has 2 aliphatic rings. The number of ether oxygens (including phenoxy) is 1. The van der Waals surface area contributed by atoms with E-state index in [2.05, 4.69) is 17.3 Å². The number of nitrogens with one attached hydrogen (secondary N) is 1. The van der Waals surface area contributed by atoms with Gasteiger partial charge in [-0.1, -0.05) is 6.42 Å². The highest BCUT2D eigenvalue weighted by molar-refractivity contribution is 5.72. The van der Waals surface area contributed by atoms with E-state index in [0.29, 0.717) is 12.5 Å². The number of nitrogens with zero attached hydrogens (tertiary/aromatic N) is 1. The van der Waals surface area contributed by atoms with E-state index < -0.39 is 12.1 Å². The minimum absolute atomic E-state index is 0.0694. The first-order valence-corrected chi connectivity index (χ1v) is 6.96. The van der Waals surface area contributed by atoms with Gasteiger partial charge in [-0.3, -0.25) is 0 Å². The molecule has 0 radical (unpaired) electrons. The lowest BCUT2D eigenvalue weighted by molar-refractivity contribution is -0.149. The standard InChI is InChI=1S/C13H24N2O3/c1-15-7-3-2-4-10(15)8-14-9-11-5-6-12(18-11)13(16)17/h10-12,14H,2-9H2,1H3,(H,16,17). The Balaban J connectivity index is 1.62. The van der Waals surface area contributed by atoms with E-state index >= 15 is 0 Å². The van der Waals surface area contributed by atoms with E-state index in [1.54, 1.807) is 0 Å². The average molecular weight is 256 g/mol. The molecule has 2 aliphatic heterocycles. The van der Waals surface area contributed by atoms with Crippen LogP contribution in [0.3, 0.4) is 0 Å². The van der Waals surface area contributed by atoms with E-state index in [1.165, 1.54) is 25.8 Å². The van der Waals surface area contributed by atoms with Gasteiger partial charge in [-0.25, -0.2) is 4.79 Å². The third kappa shape index (κ3) is 3.67. The number of piperidine rings is 1. The Labute approximate surface area is 108 Å². The van der Waals surface area contributed by atoms with Crippen LogP contribution in [0.4, 0.5) is 0 Å². The summed E-state index contributed by atoms with van der Waals surface area (Å²) in [6.07, 6.45) is 4.85. The second-order valence-electron chi connectivity index (χ2n) is 5.45. The number of carboxylic acid groups (broad SMARTS) is 1. The molecule has 18 heavy (non-hydrogen) atoms. The lowest BCUT2D eigenvalue weighted by atomic mass is 10.0. The fourth-order valence-electron chi connectivity index (χ4n) is 2.85. The Morgan fingerprint density at radius 3 is 2.83 bits per heavy atom. The second kappa shape index (κ2) is 6.50. The van der Waals surface area contributed by atoms with Crippen molar-refractivity contribution in [1.82, 2.24) is 10.2 Å². The molecule has 2 heterocycles. The van der Waals surface area contributed by atoms with Crippen molar-refractivity contribution in [3.05, 3.63) is 0 Å². The highest BCUT2D eigenvalue weighted by Crippen LogP contribution is 2.19. The van der Waals surface area contributed by atoms with Crippen molar-refractivity contribution in [2.45, 2.75) is 50.4 Å². The molecular formula is C13H24N2O3. The lowest BCUT2D eigenvalue weighted by Crippen LogP contribution is -2.44. The van der Waals surface area contributed by atoms with E-state index in [-0.39, 0.29) is 6.10 Å². The van der Waals surface area contributed by atoms with E-state index in [0.717, 1.165) is 19.5 Å². The number of carbonyl (C=O) groups is 1. The molecule has 2 saturated heterocycles. The molecule has 0 aromatic heterocycles. The summed E-state index contributed by atoms with van der Waals surface area (Å²) in [5.74, 6) is -0.829. The van der Waals surface area contributed by atoms with E-state index in [4.69, 9.17) is 9.84 Å². The van der Waals surface area contributed by atoms with Gasteiger partial charge in [-0.2, -0.15) is 0 Å². The minimum Gasteiger partial charge on any atom is -0.479 e. The summed E-state index contributed by atoms with van der Waals surface area (Å²) in [5, 5.41) is 12.3. The Hall–Kier alpha value is -0.650. The van der Waals surface area contributed by atoms with Gasteiger partial charge in [0.05, 0.1) is 6.10 Å². The number of likely N-dealkylation sites (tertiary alicyclic amines) is 1. The summed E-state index contributed by atoms with van der Waals surface area (Å²) in [5.41, 5.74) is 0.